The van der Waals surface area contributed by atoms with E-state index >= 15 is 0 Å². The molecule has 2 rings (SSSR count). The third-order valence-electron chi connectivity index (χ3n) is 2.31. The Morgan fingerprint density at radius 1 is 1.47 bits per heavy atom. The molecule has 1 aromatic heterocycles. The maximum atomic E-state index is 11.6. The zero-order chi connectivity index (χ0) is 11.0. The van der Waals surface area contributed by atoms with E-state index in [9.17, 15) is 4.79 Å². The molecule has 1 unspecified atom stereocenters. The number of hydrogen-bond donors (Lipinski definition) is 0. The summed E-state index contributed by atoms with van der Waals surface area (Å²) in [6, 6.07) is 1.81. The molecule has 0 bridgehead atoms. The smallest absolute Gasteiger partial charge is 0.229 e. The van der Waals surface area contributed by atoms with Gasteiger partial charge in [0.15, 0.2) is 0 Å². The second-order valence-corrected chi connectivity index (χ2v) is 4.34. The number of carbonyl (C=O) groups excluding carboxylic acids is 1. The van der Waals surface area contributed by atoms with Crippen molar-refractivity contribution < 1.29 is 4.79 Å². The van der Waals surface area contributed by atoms with E-state index in [0.29, 0.717) is 24.6 Å². The lowest BCUT2D eigenvalue weighted by molar-refractivity contribution is -0.117. The van der Waals surface area contributed by atoms with E-state index in [1.54, 1.807) is 11.0 Å². The van der Waals surface area contributed by atoms with Gasteiger partial charge in [-0.1, -0.05) is 0 Å². The number of aryl methyl sites for hydroxylation is 2. The first-order chi connectivity index (χ1) is 7.06. The molecule has 0 aliphatic carbocycles. The molecule has 1 aliphatic rings. The molecule has 4 nitrogen and oxygen atoms in total. The van der Waals surface area contributed by atoms with Crippen molar-refractivity contribution in [3.05, 3.63) is 17.6 Å². The molecule has 0 N–H and O–H groups in total. The van der Waals surface area contributed by atoms with Crippen molar-refractivity contribution in [1.29, 1.82) is 0 Å². The van der Waals surface area contributed by atoms with Gasteiger partial charge in [-0.05, 0) is 13.8 Å². The lowest BCUT2D eigenvalue weighted by Crippen LogP contribution is -2.26. The molecule has 1 saturated heterocycles. The van der Waals surface area contributed by atoms with Crippen LogP contribution in [0.15, 0.2) is 6.07 Å². The van der Waals surface area contributed by atoms with Crippen molar-refractivity contribution in [1.82, 2.24) is 9.97 Å². The number of carbonyl (C=O) groups is 1. The first-order valence-corrected chi connectivity index (χ1v) is 5.26. The summed E-state index contributed by atoms with van der Waals surface area (Å²) < 4.78 is 0. The Hall–Kier alpha value is -1.16. The first kappa shape index (κ1) is 10.4. The van der Waals surface area contributed by atoms with Crippen LogP contribution in [0.5, 0.6) is 0 Å². The van der Waals surface area contributed by atoms with E-state index in [2.05, 4.69) is 9.97 Å². The summed E-state index contributed by atoms with van der Waals surface area (Å²) in [5, 5.41) is -0.104. The molecule has 80 valence electrons. The molecule has 0 spiro atoms. The van der Waals surface area contributed by atoms with Crippen LogP contribution in [0.1, 0.15) is 17.9 Å². The molecule has 2 heterocycles. The van der Waals surface area contributed by atoms with Gasteiger partial charge in [0.2, 0.25) is 5.91 Å². The number of aromatic nitrogens is 2. The maximum Gasteiger partial charge on any atom is 0.229 e. The normalized spacial score (nSPS) is 21.1. The van der Waals surface area contributed by atoms with Crippen molar-refractivity contribution >= 4 is 23.3 Å². The number of nitrogens with zero attached hydrogens (tertiary/aromatic N) is 3. The second kappa shape index (κ2) is 3.77. The van der Waals surface area contributed by atoms with Gasteiger partial charge in [0.25, 0.3) is 0 Å². The molecule has 0 aromatic carbocycles. The van der Waals surface area contributed by atoms with Crippen molar-refractivity contribution in [2.75, 3.05) is 11.4 Å². The Kier molecular flexibility index (Phi) is 2.61. The van der Waals surface area contributed by atoms with Crippen molar-refractivity contribution in [2.24, 2.45) is 0 Å². The SMILES string of the molecule is Cc1cc(N2CC(Cl)CC2=O)nc(C)n1. The summed E-state index contributed by atoms with van der Waals surface area (Å²) in [5.41, 5.74) is 0.864. The van der Waals surface area contributed by atoms with Crippen molar-refractivity contribution in [2.45, 2.75) is 25.6 Å². The Bertz CT molecular complexity index is 387. The van der Waals surface area contributed by atoms with Gasteiger partial charge in [0, 0.05) is 24.7 Å². The summed E-state index contributed by atoms with van der Waals surface area (Å²) in [6.07, 6.45) is 0.393. The van der Waals surface area contributed by atoms with Crippen LogP contribution >= 0.6 is 11.6 Å². The lowest BCUT2D eigenvalue weighted by Gasteiger charge is -2.15. The number of rotatable bonds is 1. The van der Waals surface area contributed by atoms with E-state index in [1.165, 1.54) is 0 Å². The molecule has 0 radical (unpaired) electrons. The van der Waals surface area contributed by atoms with Crippen LogP contribution in [-0.2, 0) is 4.79 Å². The van der Waals surface area contributed by atoms with Gasteiger partial charge >= 0.3 is 0 Å². The largest absolute Gasteiger partial charge is 0.295 e. The van der Waals surface area contributed by atoms with E-state index < -0.39 is 0 Å². The van der Waals surface area contributed by atoms with Gasteiger partial charge in [-0.15, -0.1) is 11.6 Å². The molecule has 15 heavy (non-hydrogen) atoms. The fourth-order valence-electron chi connectivity index (χ4n) is 1.72. The quantitative estimate of drug-likeness (QED) is 0.680. The van der Waals surface area contributed by atoms with E-state index in [-0.39, 0.29) is 11.3 Å². The third-order valence-corrected chi connectivity index (χ3v) is 2.60. The number of alkyl halides is 1. The van der Waals surface area contributed by atoms with Gasteiger partial charge < -0.3 is 0 Å². The zero-order valence-corrected chi connectivity index (χ0v) is 9.45. The van der Waals surface area contributed by atoms with Crippen LogP contribution in [0.2, 0.25) is 0 Å². The fraction of sp³-hybridized carbons (Fsp3) is 0.500. The highest BCUT2D eigenvalue weighted by Gasteiger charge is 2.30. The third kappa shape index (κ3) is 2.09. The van der Waals surface area contributed by atoms with Crippen molar-refractivity contribution in [3.63, 3.8) is 0 Å². The maximum absolute atomic E-state index is 11.6. The number of anilines is 1. The van der Waals surface area contributed by atoms with Crippen LogP contribution in [0.4, 0.5) is 5.82 Å². The van der Waals surface area contributed by atoms with Crippen LogP contribution in [0.3, 0.4) is 0 Å². The summed E-state index contributed by atoms with van der Waals surface area (Å²) in [5.74, 6) is 1.37. The molecular formula is C10H12ClN3O. The molecule has 5 heteroatoms. The zero-order valence-electron chi connectivity index (χ0n) is 8.70. The van der Waals surface area contributed by atoms with Crippen LogP contribution in [0.25, 0.3) is 0 Å². The van der Waals surface area contributed by atoms with Gasteiger partial charge in [-0.3, -0.25) is 9.69 Å². The van der Waals surface area contributed by atoms with E-state index in [0.717, 1.165) is 5.69 Å². The minimum Gasteiger partial charge on any atom is -0.295 e. The lowest BCUT2D eigenvalue weighted by atomic mass is 10.4. The average molecular weight is 226 g/mol. The second-order valence-electron chi connectivity index (χ2n) is 3.72. The molecule has 0 saturated carbocycles. The average Bonchev–Trinajstić information content (AvgIpc) is 2.43. The Morgan fingerprint density at radius 2 is 2.20 bits per heavy atom. The first-order valence-electron chi connectivity index (χ1n) is 4.83. The molecule has 1 aromatic rings. The number of halogens is 1. The Morgan fingerprint density at radius 3 is 2.73 bits per heavy atom. The highest BCUT2D eigenvalue weighted by atomic mass is 35.5. The van der Waals surface area contributed by atoms with Crippen LogP contribution < -0.4 is 4.90 Å². The monoisotopic (exact) mass is 225 g/mol. The van der Waals surface area contributed by atoms with E-state index in [4.69, 9.17) is 11.6 Å². The number of hydrogen-bond acceptors (Lipinski definition) is 3. The Balaban J connectivity index is 2.33. The summed E-state index contributed by atoms with van der Waals surface area (Å²) in [4.78, 5) is 21.6. The van der Waals surface area contributed by atoms with Gasteiger partial charge in [0.1, 0.15) is 11.6 Å². The highest BCUT2D eigenvalue weighted by Crippen LogP contribution is 2.22. The standard InChI is InChI=1S/C10H12ClN3O/c1-6-3-9(13-7(2)12-6)14-5-8(11)4-10(14)15/h3,8H,4-5H2,1-2H3. The number of amides is 1. The fourth-order valence-corrected chi connectivity index (χ4v) is 1.99. The molecule has 1 amide bonds. The Labute approximate surface area is 93.3 Å². The van der Waals surface area contributed by atoms with Gasteiger partial charge in [-0.2, -0.15) is 0 Å². The van der Waals surface area contributed by atoms with E-state index in [1.807, 2.05) is 13.8 Å². The molecule has 1 aliphatic heterocycles. The minimum absolute atomic E-state index is 0.0347. The van der Waals surface area contributed by atoms with Crippen LogP contribution in [0, 0.1) is 13.8 Å². The summed E-state index contributed by atoms with van der Waals surface area (Å²) in [6.45, 7) is 4.24. The topological polar surface area (TPSA) is 46.1 Å². The molecule has 1 fully saturated rings. The summed E-state index contributed by atoms with van der Waals surface area (Å²) >= 11 is 5.93. The van der Waals surface area contributed by atoms with Gasteiger partial charge in [-0.25, -0.2) is 9.97 Å². The predicted octanol–water partition coefficient (Wildman–Crippen LogP) is 1.44. The minimum atomic E-state index is -0.104. The predicted molar refractivity (Wildman–Crippen MR) is 58.1 cm³/mol. The van der Waals surface area contributed by atoms with Crippen molar-refractivity contribution in [3.8, 4) is 0 Å². The highest BCUT2D eigenvalue weighted by molar-refractivity contribution is 6.24. The van der Waals surface area contributed by atoms with Gasteiger partial charge in [0.05, 0.1) is 5.38 Å². The molecule has 1 atom stereocenters. The summed E-state index contributed by atoms with van der Waals surface area (Å²) in [7, 11) is 0. The molecular weight excluding hydrogens is 214 g/mol. The van der Waals surface area contributed by atoms with Crippen LogP contribution in [-0.4, -0.2) is 27.8 Å².